The zero-order chi connectivity index (χ0) is 11.5. The monoisotopic (exact) mass is 223 g/mol. The molecule has 1 aromatic heterocycles. The molecule has 1 aromatic rings. The first kappa shape index (κ1) is 11.0. The molecule has 1 aliphatic rings. The summed E-state index contributed by atoms with van der Waals surface area (Å²) in [6.07, 6.45) is 4.60. The van der Waals surface area contributed by atoms with Gasteiger partial charge in [0.15, 0.2) is 0 Å². The quantitative estimate of drug-likeness (QED) is 0.806. The highest BCUT2D eigenvalue weighted by Gasteiger charge is 2.27. The Balaban J connectivity index is 2.01. The molecule has 6 heteroatoms. The van der Waals surface area contributed by atoms with Gasteiger partial charge in [0.1, 0.15) is 0 Å². The van der Waals surface area contributed by atoms with Crippen LogP contribution in [0.2, 0.25) is 0 Å². The Morgan fingerprint density at radius 2 is 2.31 bits per heavy atom. The smallest absolute Gasteiger partial charge is 0.295 e. The number of hydrogen-bond acceptors (Lipinski definition) is 4. The minimum atomic E-state index is -0.146. The molecule has 88 valence electrons. The molecule has 2 atom stereocenters. The Kier molecular flexibility index (Phi) is 3.17. The van der Waals surface area contributed by atoms with Gasteiger partial charge in [-0.2, -0.15) is 5.21 Å². The Bertz CT molecular complexity index is 350. The number of H-pyrrole nitrogens is 1. The molecule has 0 aromatic carbocycles. The number of aromatic nitrogens is 4. The standard InChI is InChI=1S/C10H17N5O/c1-7-4-3-5-8(6-7)15(2)10(16)9-11-13-14-12-9/h7-8H,3-6H2,1-2H3,(H,11,12,13,14). The van der Waals surface area contributed by atoms with Crippen molar-refractivity contribution in [3.8, 4) is 0 Å². The van der Waals surface area contributed by atoms with Gasteiger partial charge in [-0.05, 0) is 24.0 Å². The molecule has 2 rings (SSSR count). The van der Waals surface area contributed by atoms with Crippen LogP contribution in [-0.4, -0.2) is 44.5 Å². The summed E-state index contributed by atoms with van der Waals surface area (Å²) < 4.78 is 0. The Hall–Kier alpha value is -1.46. The zero-order valence-electron chi connectivity index (χ0n) is 9.68. The van der Waals surface area contributed by atoms with E-state index in [0.29, 0.717) is 12.0 Å². The van der Waals surface area contributed by atoms with Crippen molar-refractivity contribution in [2.75, 3.05) is 7.05 Å². The highest BCUT2D eigenvalue weighted by molar-refractivity contribution is 5.90. The number of aromatic amines is 1. The lowest BCUT2D eigenvalue weighted by Crippen LogP contribution is -2.40. The molecule has 1 fully saturated rings. The van der Waals surface area contributed by atoms with Crippen molar-refractivity contribution >= 4 is 5.91 Å². The van der Waals surface area contributed by atoms with Gasteiger partial charge in [0.25, 0.3) is 11.7 Å². The van der Waals surface area contributed by atoms with Crippen LogP contribution in [0, 0.1) is 5.92 Å². The number of nitrogens with zero attached hydrogens (tertiary/aromatic N) is 4. The molecule has 1 amide bonds. The molecule has 0 aliphatic heterocycles. The van der Waals surface area contributed by atoms with Crippen LogP contribution in [0.15, 0.2) is 0 Å². The van der Waals surface area contributed by atoms with Crippen LogP contribution in [0.1, 0.15) is 43.2 Å². The van der Waals surface area contributed by atoms with Crippen molar-refractivity contribution in [3.63, 3.8) is 0 Å². The molecule has 2 unspecified atom stereocenters. The Morgan fingerprint density at radius 3 is 2.94 bits per heavy atom. The van der Waals surface area contributed by atoms with E-state index in [4.69, 9.17) is 0 Å². The van der Waals surface area contributed by atoms with E-state index in [1.807, 2.05) is 7.05 Å². The highest BCUT2D eigenvalue weighted by atomic mass is 16.2. The van der Waals surface area contributed by atoms with E-state index in [-0.39, 0.29) is 11.7 Å². The van der Waals surface area contributed by atoms with Crippen LogP contribution < -0.4 is 0 Å². The van der Waals surface area contributed by atoms with Crippen LogP contribution in [0.4, 0.5) is 0 Å². The average molecular weight is 223 g/mol. The van der Waals surface area contributed by atoms with E-state index < -0.39 is 0 Å². The molecule has 1 heterocycles. The molecule has 0 spiro atoms. The normalized spacial score (nSPS) is 25.4. The zero-order valence-corrected chi connectivity index (χ0v) is 9.68. The van der Waals surface area contributed by atoms with Gasteiger partial charge in [-0.25, -0.2) is 0 Å². The van der Waals surface area contributed by atoms with Crippen LogP contribution in [0.5, 0.6) is 0 Å². The van der Waals surface area contributed by atoms with Crippen molar-refractivity contribution in [2.45, 2.75) is 38.6 Å². The number of hydrogen-bond donors (Lipinski definition) is 1. The Morgan fingerprint density at radius 1 is 1.50 bits per heavy atom. The number of amides is 1. The largest absolute Gasteiger partial charge is 0.336 e. The number of nitrogens with one attached hydrogen (secondary N) is 1. The predicted molar refractivity (Wildman–Crippen MR) is 57.7 cm³/mol. The summed E-state index contributed by atoms with van der Waals surface area (Å²) >= 11 is 0. The molecular weight excluding hydrogens is 206 g/mol. The highest BCUT2D eigenvalue weighted by Crippen LogP contribution is 2.26. The van der Waals surface area contributed by atoms with Gasteiger partial charge in [0.2, 0.25) is 0 Å². The molecule has 0 saturated heterocycles. The number of tetrazole rings is 1. The topological polar surface area (TPSA) is 74.8 Å². The summed E-state index contributed by atoms with van der Waals surface area (Å²) in [5.74, 6) is 0.702. The van der Waals surface area contributed by atoms with Gasteiger partial charge >= 0.3 is 0 Å². The molecule has 1 aliphatic carbocycles. The maximum absolute atomic E-state index is 12.0. The fourth-order valence-electron chi connectivity index (χ4n) is 2.33. The second-order valence-corrected chi connectivity index (χ2v) is 4.58. The Labute approximate surface area is 94.4 Å². The fraction of sp³-hybridized carbons (Fsp3) is 0.800. The molecule has 6 nitrogen and oxygen atoms in total. The van der Waals surface area contributed by atoms with Gasteiger partial charge in [-0.1, -0.05) is 19.8 Å². The minimum Gasteiger partial charge on any atom is -0.336 e. The summed E-state index contributed by atoms with van der Waals surface area (Å²) in [6.45, 7) is 2.23. The lowest BCUT2D eigenvalue weighted by Gasteiger charge is -2.33. The summed E-state index contributed by atoms with van der Waals surface area (Å²) in [5.41, 5.74) is 0. The third-order valence-electron chi connectivity index (χ3n) is 3.31. The summed E-state index contributed by atoms with van der Waals surface area (Å²) in [4.78, 5) is 13.7. The SMILES string of the molecule is CC1CCCC(N(C)C(=O)c2nn[nH]n2)C1. The minimum absolute atomic E-state index is 0.146. The van der Waals surface area contributed by atoms with Gasteiger partial charge in [-0.15, -0.1) is 10.2 Å². The first-order chi connectivity index (χ1) is 7.68. The maximum Gasteiger partial charge on any atom is 0.295 e. The second-order valence-electron chi connectivity index (χ2n) is 4.58. The van der Waals surface area contributed by atoms with E-state index in [0.717, 1.165) is 12.8 Å². The fourth-order valence-corrected chi connectivity index (χ4v) is 2.33. The van der Waals surface area contributed by atoms with Crippen LogP contribution in [0.3, 0.4) is 0 Å². The summed E-state index contributed by atoms with van der Waals surface area (Å²) in [5, 5.41) is 13.1. The summed E-state index contributed by atoms with van der Waals surface area (Å²) in [6, 6.07) is 0.315. The first-order valence-corrected chi connectivity index (χ1v) is 5.69. The second kappa shape index (κ2) is 4.59. The molecule has 1 N–H and O–H groups in total. The first-order valence-electron chi connectivity index (χ1n) is 5.69. The van der Waals surface area contributed by atoms with Crippen LogP contribution in [-0.2, 0) is 0 Å². The lowest BCUT2D eigenvalue weighted by atomic mass is 9.86. The van der Waals surface area contributed by atoms with Gasteiger partial charge in [-0.3, -0.25) is 4.79 Å². The van der Waals surface area contributed by atoms with Crippen molar-refractivity contribution in [1.29, 1.82) is 0 Å². The number of carbonyl (C=O) groups excluding carboxylic acids is 1. The molecule has 0 bridgehead atoms. The predicted octanol–water partition coefficient (Wildman–Crippen LogP) is 0.850. The van der Waals surface area contributed by atoms with E-state index in [2.05, 4.69) is 27.5 Å². The van der Waals surface area contributed by atoms with Crippen LogP contribution >= 0.6 is 0 Å². The van der Waals surface area contributed by atoms with Crippen molar-refractivity contribution in [3.05, 3.63) is 5.82 Å². The molecule has 1 saturated carbocycles. The maximum atomic E-state index is 12.0. The van der Waals surface area contributed by atoms with Crippen molar-refractivity contribution < 1.29 is 4.79 Å². The molecule has 0 radical (unpaired) electrons. The molecular formula is C10H17N5O. The van der Waals surface area contributed by atoms with E-state index in [9.17, 15) is 4.79 Å². The average Bonchev–Trinajstić information content (AvgIpc) is 2.80. The van der Waals surface area contributed by atoms with Crippen molar-refractivity contribution in [2.24, 2.45) is 5.92 Å². The third-order valence-corrected chi connectivity index (χ3v) is 3.31. The van der Waals surface area contributed by atoms with Gasteiger partial charge in [0.05, 0.1) is 0 Å². The van der Waals surface area contributed by atoms with Gasteiger partial charge in [0, 0.05) is 13.1 Å². The third kappa shape index (κ3) is 2.20. The number of carbonyl (C=O) groups is 1. The number of rotatable bonds is 2. The van der Waals surface area contributed by atoms with Crippen molar-refractivity contribution in [1.82, 2.24) is 25.5 Å². The van der Waals surface area contributed by atoms with E-state index >= 15 is 0 Å². The van der Waals surface area contributed by atoms with E-state index in [1.165, 1.54) is 12.8 Å². The van der Waals surface area contributed by atoms with Crippen LogP contribution in [0.25, 0.3) is 0 Å². The molecule has 16 heavy (non-hydrogen) atoms. The lowest BCUT2D eigenvalue weighted by molar-refractivity contribution is 0.0660. The summed E-state index contributed by atoms with van der Waals surface area (Å²) in [7, 11) is 1.82. The van der Waals surface area contributed by atoms with Gasteiger partial charge < -0.3 is 4.90 Å². The van der Waals surface area contributed by atoms with E-state index in [1.54, 1.807) is 4.90 Å².